The van der Waals surface area contributed by atoms with E-state index in [0.29, 0.717) is 5.69 Å². The van der Waals surface area contributed by atoms with E-state index in [1.165, 1.54) is 6.07 Å². The van der Waals surface area contributed by atoms with Crippen LogP contribution in [0, 0.1) is 17.0 Å². The first-order valence-electron chi connectivity index (χ1n) is 2.99. The number of anilines is 1. The molecule has 0 aliphatic heterocycles. The van der Waals surface area contributed by atoms with E-state index in [-0.39, 0.29) is 11.5 Å². The quantitative estimate of drug-likeness (QED) is 0.479. The Balaban J connectivity index is 3.23. The number of nitrogen functional groups attached to an aromatic ring is 1. The fourth-order valence-corrected chi connectivity index (χ4v) is 0.700. The molecular weight excluding hydrogens is 146 g/mol. The molecule has 2 N–H and O–H groups in total. The Morgan fingerprint density at radius 1 is 1.64 bits per heavy atom. The summed E-state index contributed by atoms with van der Waals surface area (Å²) < 4.78 is 0. The number of pyridine rings is 1. The van der Waals surface area contributed by atoms with Crippen molar-refractivity contribution in [3.63, 3.8) is 0 Å². The zero-order valence-electron chi connectivity index (χ0n) is 5.94. The summed E-state index contributed by atoms with van der Waals surface area (Å²) in [6.45, 7) is 1.67. The number of rotatable bonds is 1. The Morgan fingerprint density at radius 3 is 2.73 bits per heavy atom. The van der Waals surface area contributed by atoms with Crippen molar-refractivity contribution in [2.45, 2.75) is 6.92 Å². The first-order chi connectivity index (χ1) is 5.11. The normalized spacial score (nSPS) is 9.55. The number of nitrogens with two attached hydrogens (primary N) is 1. The molecule has 0 aromatic carbocycles. The van der Waals surface area contributed by atoms with Gasteiger partial charge in [-0.05, 0) is 22.0 Å². The van der Waals surface area contributed by atoms with Crippen LogP contribution >= 0.6 is 0 Å². The number of aromatic nitrogens is 1. The van der Waals surface area contributed by atoms with Gasteiger partial charge in [-0.15, -0.1) is 0 Å². The van der Waals surface area contributed by atoms with Crippen molar-refractivity contribution in [2.24, 2.45) is 0 Å². The second-order valence-electron chi connectivity index (χ2n) is 2.12. The SMILES string of the molecule is Cc1ccc(N)c([N+](=O)[O-])n1. The van der Waals surface area contributed by atoms with Crippen LogP contribution in [0.2, 0.25) is 0 Å². The minimum absolute atomic E-state index is 0.0978. The highest BCUT2D eigenvalue weighted by atomic mass is 16.6. The lowest BCUT2D eigenvalue weighted by molar-refractivity contribution is -0.388. The lowest BCUT2D eigenvalue weighted by Gasteiger charge is -1.95. The van der Waals surface area contributed by atoms with Crippen molar-refractivity contribution in [2.75, 3.05) is 5.73 Å². The summed E-state index contributed by atoms with van der Waals surface area (Å²) in [6, 6.07) is 3.10. The van der Waals surface area contributed by atoms with E-state index in [2.05, 4.69) is 4.98 Å². The molecular formula is C6H7N3O2. The summed E-state index contributed by atoms with van der Waals surface area (Å²) in [5.41, 5.74) is 5.97. The van der Waals surface area contributed by atoms with Gasteiger partial charge in [-0.3, -0.25) is 0 Å². The number of hydrogen-bond acceptors (Lipinski definition) is 4. The minimum Gasteiger partial charge on any atom is -0.392 e. The van der Waals surface area contributed by atoms with Crippen molar-refractivity contribution >= 4 is 11.5 Å². The third-order valence-electron chi connectivity index (χ3n) is 1.22. The lowest BCUT2D eigenvalue weighted by atomic mass is 10.3. The molecule has 0 saturated heterocycles. The maximum atomic E-state index is 10.2. The van der Waals surface area contributed by atoms with E-state index >= 15 is 0 Å². The van der Waals surface area contributed by atoms with Crippen molar-refractivity contribution in [1.82, 2.24) is 4.98 Å². The Labute approximate surface area is 63.0 Å². The zero-order valence-corrected chi connectivity index (χ0v) is 5.94. The molecule has 58 valence electrons. The number of aryl methyl sites for hydroxylation is 1. The van der Waals surface area contributed by atoms with Gasteiger partial charge in [-0.2, -0.15) is 0 Å². The number of hydrogen-bond donors (Lipinski definition) is 1. The second kappa shape index (κ2) is 2.53. The van der Waals surface area contributed by atoms with E-state index in [1.807, 2.05) is 0 Å². The second-order valence-corrected chi connectivity index (χ2v) is 2.12. The molecule has 0 spiro atoms. The van der Waals surface area contributed by atoms with Gasteiger partial charge in [0.05, 0.1) is 0 Å². The molecule has 1 rings (SSSR count). The number of nitro groups is 1. The number of nitrogens with zero attached hydrogens (tertiary/aromatic N) is 2. The van der Waals surface area contributed by atoms with Crippen molar-refractivity contribution in [3.05, 3.63) is 27.9 Å². The van der Waals surface area contributed by atoms with Gasteiger partial charge in [0, 0.05) is 6.92 Å². The Morgan fingerprint density at radius 2 is 2.27 bits per heavy atom. The van der Waals surface area contributed by atoms with E-state index < -0.39 is 4.92 Å². The van der Waals surface area contributed by atoms with Crippen molar-refractivity contribution in [1.29, 1.82) is 0 Å². The summed E-state index contributed by atoms with van der Waals surface area (Å²) in [7, 11) is 0. The van der Waals surface area contributed by atoms with Crippen LogP contribution in [-0.2, 0) is 0 Å². The Kier molecular flexibility index (Phi) is 1.72. The molecule has 5 nitrogen and oxygen atoms in total. The van der Waals surface area contributed by atoms with E-state index in [9.17, 15) is 10.1 Å². The molecule has 11 heavy (non-hydrogen) atoms. The van der Waals surface area contributed by atoms with Gasteiger partial charge in [0.15, 0.2) is 0 Å². The molecule has 0 aliphatic rings. The minimum atomic E-state index is -0.595. The molecule has 0 aliphatic carbocycles. The van der Waals surface area contributed by atoms with Crippen LogP contribution in [0.25, 0.3) is 0 Å². The van der Waals surface area contributed by atoms with E-state index in [0.717, 1.165) is 0 Å². The Hall–Kier alpha value is -1.65. The molecule has 0 bridgehead atoms. The van der Waals surface area contributed by atoms with Crippen LogP contribution in [0.3, 0.4) is 0 Å². The molecule has 0 saturated carbocycles. The standard InChI is InChI=1S/C6H7N3O2/c1-4-2-3-5(7)6(8-4)9(10)11/h2-3H,7H2,1H3. The van der Waals surface area contributed by atoms with Crippen LogP contribution in [-0.4, -0.2) is 9.91 Å². The van der Waals surface area contributed by atoms with Crippen LogP contribution in [0.4, 0.5) is 11.5 Å². The average Bonchev–Trinajstić information content (AvgIpc) is 1.94. The molecule has 0 unspecified atom stereocenters. The monoisotopic (exact) mass is 153 g/mol. The van der Waals surface area contributed by atoms with Crippen LogP contribution in [0.5, 0.6) is 0 Å². The molecule has 1 aromatic heterocycles. The Bertz CT molecular complexity index is 298. The molecule has 0 fully saturated rings. The molecule has 0 amide bonds. The molecule has 0 atom stereocenters. The first kappa shape index (κ1) is 7.46. The predicted octanol–water partition coefficient (Wildman–Crippen LogP) is 0.880. The highest BCUT2D eigenvalue weighted by Crippen LogP contribution is 2.16. The highest BCUT2D eigenvalue weighted by Gasteiger charge is 2.12. The molecule has 5 heteroatoms. The molecule has 1 heterocycles. The van der Waals surface area contributed by atoms with Gasteiger partial charge < -0.3 is 15.8 Å². The highest BCUT2D eigenvalue weighted by molar-refractivity contribution is 5.52. The maximum Gasteiger partial charge on any atom is 0.386 e. The summed E-state index contributed by atoms with van der Waals surface area (Å²) >= 11 is 0. The lowest BCUT2D eigenvalue weighted by Crippen LogP contribution is -1.99. The summed E-state index contributed by atoms with van der Waals surface area (Å²) in [4.78, 5) is 13.3. The maximum absolute atomic E-state index is 10.2. The van der Waals surface area contributed by atoms with Gasteiger partial charge in [-0.25, -0.2) is 0 Å². The van der Waals surface area contributed by atoms with E-state index in [4.69, 9.17) is 5.73 Å². The summed E-state index contributed by atoms with van der Waals surface area (Å²) in [5, 5.41) is 10.2. The third-order valence-corrected chi connectivity index (χ3v) is 1.22. The van der Waals surface area contributed by atoms with Crippen molar-refractivity contribution in [3.8, 4) is 0 Å². The molecule has 0 radical (unpaired) electrons. The smallest absolute Gasteiger partial charge is 0.386 e. The van der Waals surface area contributed by atoms with Crippen LogP contribution < -0.4 is 5.73 Å². The van der Waals surface area contributed by atoms with Gasteiger partial charge in [-0.1, -0.05) is 0 Å². The van der Waals surface area contributed by atoms with Crippen LogP contribution in [0.15, 0.2) is 12.1 Å². The molecule has 1 aromatic rings. The first-order valence-corrected chi connectivity index (χ1v) is 2.99. The van der Waals surface area contributed by atoms with Crippen LogP contribution in [0.1, 0.15) is 5.69 Å². The topological polar surface area (TPSA) is 82.0 Å². The predicted molar refractivity (Wildman–Crippen MR) is 40.0 cm³/mol. The largest absolute Gasteiger partial charge is 0.392 e. The third kappa shape index (κ3) is 1.43. The summed E-state index contributed by atoms with van der Waals surface area (Å²) in [6.07, 6.45) is 0. The fourth-order valence-electron chi connectivity index (χ4n) is 0.700. The average molecular weight is 153 g/mol. The van der Waals surface area contributed by atoms with Gasteiger partial charge >= 0.3 is 5.82 Å². The summed E-state index contributed by atoms with van der Waals surface area (Å²) in [5.74, 6) is -0.273. The zero-order chi connectivity index (χ0) is 8.43. The van der Waals surface area contributed by atoms with Gasteiger partial charge in [0.1, 0.15) is 11.4 Å². The van der Waals surface area contributed by atoms with Gasteiger partial charge in [0.25, 0.3) is 0 Å². The fraction of sp³-hybridized carbons (Fsp3) is 0.167. The van der Waals surface area contributed by atoms with Gasteiger partial charge in [0.2, 0.25) is 0 Å². The van der Waals surface area contributed by atoms with E-state index in [1.54, 1.807) is 13.0 Å². The van der Waals surface area contributed by atoms with Crippen molar-refractivity contribution < 1.29 is 4.92 Å².